The highest BCUT2D eigenvalue weighted by atomic mass is 32.1. The molecule has 0 bridgehead atoms. The van der Waals surface area contributed by atoms with Crippen LogP contribution in [0.15, 0.2) is 47.1 Å². The molecule has 0 saturated heterocycles. The largest absolute Gasteiger partial charge is 0.461 e. The number of fused-ring (bicyclic) bond motifs is 1. The minimum absolute atomic E-state index is 0.0883. The molecule has 2 amide bonds. The first-order valence-corrected chi connectivity index (χ1v) is 10.1. The van der Waals surface area contributed by atoms with Crippen molar-refractivity contribution in [1.82, 2.24) is 14.9 Å². The molecule has 1 N–H and O–H groups in total. The van der Waals surface area contributed by atoms with E-state index in [2.05, 4.69) is 15.3 Å². The van der Waals surface area contributed by atoms with Gasteiger partial charge in [-0.2, -0.15) is 0 Å². The van der Waals surface area contributed by atoms with E-state index in [4.69, 9.17) is 4.42 Å². The summed E-state index contributed by atoms with van der Waals surface area (Å²) in [6.45, 7) is 3.80. The fourth-order valence-electron chi connectivity index (χ4n) is 3.21. The molecule has 3 aromatic heterocycles. The predicted octanol–water partition coefficient (Wildman–Crippen LogP) is 4.52. The van der Waals surface area contributed by atoms with Gasteiger partial charge in [0, 0.05) is 30.7 Å². The summed E-state index contributed by atoms with van der Waals surface area (Å²) in [5.74, 6) is 0.777. The lowest BCUT2D eigenvalue weighted by Crippen LogP contribution is -2.21. The zero-order valence-electron chi connectivity index (χ0n) is 17.0. The van der Waals surface area contributed by atoms with E-state index in [-0.39, 0.29) is 11.8 Å². The predicted molar refractivity (Wildman–Crippen MR) is 117 cm³/mol. The van der Waals surface area contributed by atoms with Crippen molar-refractivity contribution in [2.75, 3.05) is 19.4 Å². The average molecular weight is 420 g/mol. The van der Waals surface area contributed by atoms with E-state index < -0.39 is 0 Å². The zero-order chi connectivity index (χ0) is 21.4. The van der Waals surface area contributed by atoms with Crippen molar-refractivity contribution < 1.29 is 14.0 Å². The number of nitrogens with zero attached hydrogens (tertiary/aromatic N) is 3. The SMILES string of the molecule is Cc1nc(-c2ccco2)nc2sc(C(=O)Nc3ccc(C(=O)N(C)C)cc3)c(C)c12. The molecule has 4 rings (SSSR count). The summed E-state index contributed by atoms with van der Waals surface area (Å²) in [7, 11) is 3.40. The zero-order valence-corrected chi connectivity index (χ0v) is 17.8. The van der Waals surface area contributed by atoms with Gasteiger partial charge in [-0.25, -0.2) is 9.97 Å². The molecule has 0 aliphatic heterocycles. The molecule has 0 fully saturated rings. The third-order valence-corrected chi connectivity index (χ3v) is 5.90. The molecule has 4 aromatic rings. The van der Waals surface area contributed by atoms with Crippen LogP contribution in [-0.2, 0) is 0 Å². The van der Waals surface area contributed by atoms with Crippen molar-refractivity contribution in [3.8, 4) is 11.6 Å². The van der Waals surface area contributed by atoms with Crippen LogP contribution in [0.25, 0.3) is 21.8 Å². The number of thiophene rings is 1. The molecule has 3 heterocycles. The number of benzene rings is 1. The van der Waals surface area contributed by atoms with E-state index in [1.54, 1.807) is 56.8 Å². The number of hydrogen-bond donors (Lipinski definition) is 1. The van der Waals surface area contributed by atoms with Gasteiger partial charge in [-0.05, 0) is 55.8 Å². The van der Waals surface area contributed by atoms with Crippen LogP contribution in [0.1, 0.15) is 31.3 Å². The number of carbonyl (C=O) groups excluding carboxylic acids is 2. The van der Waals surface area contributed by atoms with Gasteiger partial charge < -0.3 is 14.6 Å². The van der Waals surface area contributed by atoms with Crippen LogP contribution in [0, 0.1) is 13.8 Å². The van der Waals surface area contributed by atoms with Crippen molar-refractivity contribution in [3.05, 3.63) is 64.4 Å². The lowest BCUT2D eigenvalue weighted by Gasteiger charge is -2.11. The van der Waals surface area contributed by atoms with Crippen LogP contribution in [-0.4, -0.2) is 40.8 Å². The van der Waals surface area contributed by atoms with Gasteiger partial charge in [-0.1, -0.05) is 0 Å². The summed E-state index contributed by atoms with van der Waals surface area (Å²) in [6.07, 6.45) is 1.58. The number of amides is 2. The first kappa shape index (κ1) is 19.8. The molecular weight excluding hydrogens is 400 g/mol. The average Bonchev–Trinajstić information content (AvgIpc) is 3.36. The lowest BCUT2D eigenvalue weighted by atomic mass is 10.1. The second-order valence-corrected chi connectivity index (χ2v) is 8.08. The van der Waals surface area contributed by atoms with Crippen LogP contribution in [0.5, 0.6) is 0 Å². The van der Waals surface area contributed by atoms with Crippen molar-refractivity contribution in [2.24, 2.45) is 0 Å². The Kier molecular flexibility index (Phi) is 5.09. The number of carbonyl (C=O) groups is 2. The third kappa shape index (κ3) is 3.57. The topological polar surface area (TPSA) is 88.3 Å². The molecule has 0 aliphatic carbocycles. The van der Waals surface area contributed by atoms with E-state index in [9.17, 15) is 9.59 Å². The number of nitrogens with one attached hydrogen (secondary N) is 1. The van der Waals surface area contributed by atoms with Crippen LogP contribution >= 0.6 is 11.3 Å². The number of furan rings is 1. The molecule has 0 atom stereocenters. The highest BCUT2D eigenvalue weighted by Crippen LogP contribution is 2.33. The molecule has 1 aromatic carbocycles. The minimum atomic E-state index is -0.221. The Morgan fingerprint density at radius 2 is 1.80 bits per heavy atom. The van der Waals surface area contributed by atoms with E-state index >= 15 is 0 Å². The second-order valence-electron chi connectivity index (χ2n) is 7.08. The second kappa shape index (κ2) is 7.72. The van der Waals surface area contributed by atoms with Gasteiger partial charge in [0.15, 0.2) is 11.6 Å². The van der Waals surface area contributed by atoms with Gasteiger partial charge in [0.1, 0.15) is 4.83 Å². The molecule has 0 aliphatic rings. The normalized spacial score (nSPS) is 10.9. The van der Waals surface area contributed by atoms with E-state index in [1.165, 1.54) is 16.2 Å². The Hall–Kier alpha value is -3.52. The van der Waals surface area contributed by atoms with Crippen molar-refractivity contribution >= 4 is 39.1 Å². The Morgan fingerprint density at radius 3 is 2.43 bits per heavy atom. The molecule has 30 heavy (non-hydrogen) atoms. The summed E-state index contributed by atoms with van der Waals surface area (Å²) in [4.78, 5) is 36.9. The minimum Gasteiger partial charge on any atom is -0.461 e. The maximum Gasteiger partial charge on any atom is 0.266 e. The highest BCUT2D eigenvalue weighted by molar-refractivity contribution is 7.20. The first-order chi connectivity index (χ1) is 14.3. The lowest BCUT2D eigenvalue weighted by molar-refractivity contribution is 0.0827. The number of anilines is 1. The number of aryl methyl sites for hydroxylation is 2. The van der Waals surface area contributed by atoms with Gasteiger partial charge >= 0.3 is 0 Å². The summed E-state index contributed by atoms with van der Waals surface area (Å²) >= 11 is 1.32. The molecule has 0 unspecified atom stereocenters. The summed E-state index contributed by atoms with van der Waals surface area (Å²) < 4.78 is 5.40. The molecule has 8 heteroatoms. The van der Waals surface area contributed by atoms with Crippen molar-refractivity contribution in [3.63, 3.8) is 0 Å². The molecule has 152 valence electrons. The Bertz CT molecular complexity index is 1240. The van der Waals surface area contributed by atoms with E-state index in [0.29, 0.717) is 27.7 Å². The quantitative estimate of drug-likeness (QED) is 0.524. The summed E-state index contributed by atoms with van der Waals surface area (Å²) in [5, 5.41) is 3.78. The Morgan fingerprint density at radius 1 is 1.07 bits per heavy atom. The fourth-order valence-corrected chi connectivity index (χ4v) is 4.34. The van der Waals surface area contributed by atoms with E-state index in [0.717, 1.165) is 21.5 Å². The smallest absolute Gasteiger partial charge is 0.266 e. The Balaban J connectivity index is 1.63. The van der Waals surface area contributed by atoms with Gasteiger partial charge in [0.25, 0.3) is 11.8 Å². The summed E-state index contributed by atoms with van der Waals surface area (Å²) in [6, 6.07) is 10.4. The van der Waals surface area contributed by atoms with Crippen molar-refractivity contribution in [1.29, 1.82) is 0 Å². The van der Waals surface area contributed by atoms with Gasteiger partial charge in [-0.3, -0.25) is 9.59 Å². The van der Waals surface area contributed by atoms with Crippen LogP contribution in [0.3, 0.4) is 0 Å². The molecular formula is C22H20N4O3S. The van der Waals surface area contributed by atoms with Crippen LogP contribution in [0.2, 0.25) is 0 Å². The number of rotatable bonds is 4. The highest BCUT2D eigenvalue weighted by Gasteiger charge is 2.20. The summed E-state index contributed by atoms with van der Waals surface area (Å²) in [5.41, 5.74) is 2.82. The monoisotopic (exact) mass is 420 g/mol. The fraction of sp³-hybridized carbons (Fsp3) is 0.182. The molecule has 0 radical (unpaired) electrons. The van der Waals surface area contributed by atoms with Gasteiger partial charge in [-0.15, -0.1) is 11.3 Å². The van der Waals surface area contributed by atoms with Crippen LogP contribution in [0.4, 0.5) is 5.69 Å². The maximum atomic E-state index is 12.9. The molecule has 0 saturated carbocycles. The van der Waals surface area contributed by atoms with Gasteiger partial charge in [0.2, 0.25) is 0 Å². The maximum absolute atomic E-state index is 12.9. The molecule has 7 nitrogen and oxygen atoms in total. The number of aromatic nitrogens is 2. The van der Waals surface area contributed by atoms with Gasteiger partial charge in [0.05, 0.1) is 16.8 Å². The van der Waals surface area contributed by atoms with Crippen LogP contribution < -0.4 is 5.32 Å². The third-order valence-electron chi connectivity index (χ3n) is 4.71. The standard InChI is InChI=1S/C22H20N4O3S/c1-12-17-13(2)23-19(16-6-5-11-29-16)25-21(17)30-18(12)20(27)24-15-9-7-14(8-10-15)22(28)26(3)4/h5-11H,1-4H3,(H,24,27). The van der Waals surface area contributed by atoms with E-state index in [1.807, 2.05) is 13.8 Å². The first-order valence-electron chi connectivity index (χ1n) is 9.30. The Labute approximate surface area is 177 Å². The van der Waals surface area contributed by atoms with Crippen molar-refractivity contribution in [2.45, 2.75) is 13.8 Å². The molecule has 0 spiro atoms. The number of hydrogen-bond acceptors (Lipinski definition) is 6.